The third-order valence-corrected chi connectivity index (χ3v) is 6.48. The molecule has 0 unspecified atom stereocenters. The standard InChI is InChI=1S/C25H27F3N6O2.ClH/c1-30-24(35)16-6-9-34(10-7-16)8-3-11-36-22-5-4-17(12-18(22)25(26,27)28)19-13-21-23(20(14-29)32-19)31-15-33(21)2;/h4-5,12-13,15-16H,3,6-11H2,1-2H3,(H,30,35);1H. The fraction of sp³-hybridized carbons (Fsp3) is 0.440. The average Bonchev–Trinajstić information content (AvgIpc) is 3.26. The Hall–Kier alpha value is -3.36. The predicted octanol–water partition coefficient (Wildman–Crippen LogP) is 4.17. The molecule has 0 atom stereocenters. The van der Waals surface area contributed by atoms with Gasteiger partial charge in [-0.1, -0.05) is 0 Å². The van der Waals surface area contributed by atoms with Gasteiger partial charge in [-0.3, -0.25) is 4.79 Å². The molecule has 1 aromatic carbocycles. The number of likely N-dealkylation sites (tertiary alicyclic amines) is 1. The summed E-state index contributed by atoms with van der Waals surface area (Å²) in [4.78, 5) is 22.3. The van der Waals surface area contributed by atoms with E-state index in [0.717, 1.165) is 32.0 Å². The lowest BCUT2D eigenvalue weighted by Gasteiger charge is -2.30. The number of rotatable bonds is 7. The number of pyridine rings is 1. The van der Waals surface area contributed by atoms with Crippen LogP contribution in [0.5, 0.6) is 5.75 Å². The molecule has 0 saturated carbocycles. The van der Waals surface area contributed by atoms with E-state index in [-0.39, 0.29) is 53.5 Å². The fourth-order valence-corrected chi connectivity index (χ4v) is 4.48. The highest BCUT2D eigenvalue weighted by Crippen LogP contribution is 2.39. The summed E-state index contributed by atoms with van der Waals surface area (Å²) >= 11 is 0. The summed E-state index contributed by atoms with van der Waals surface area (Å²) in [6.07, 6.45) is -0.992. The molecule has 4 rings (SSSR count). The van der Waals surface area contributed by atoms with Crippen molar-refractivity contribution in [2.24, 2.45) is 13.0 Å². The van der Waals surface area contributed by atoms with Gasteiger partial charge in [0.2, 0.25) is 5.91 Å². The second kappa shape index (κ2) is 11.8. The van der Waals surface area contributed by atoms with Gasteiger partial charge in [0.25, 0.3) is 0 Å². The monoisotopic (exact) mass is 536 g/mol. The Bertz CT molecular complexity index is 1300. The van der Waals surface area contributed by atoms with Crippen LogP contribution in [-0.4, -0.2) is 58.6 Å². The van der Waals surface area contributed by atoms with Crippen LogP contribution in [0.25, 0.3) is 22.3 Å². The quantitative estimate of drug-likeness (QED) is 0.455. The first-order valence-electron chi connectivity index (χ1n) is 11.7. The maximum atomic E-state index is 13.9. The van der Waals surface area contributed by atoms with E-state index >= 15 is 0 Å². The van der Waals surface area contributed by atoms with Crippen LogP contribution in [0.15, 0.2) is 30.6 Å². The number of aromatic nitrogens is 3. The molecule has 12 heteroatoms. The molecule has 1 aliphatic heterocycles. The Labute approximate surface area is 218 Å². The normalized spacial score (nSPS) is 14.7. The van der Waals surface area contributed by atoms with Crippen molar-refractivity contribution in [2.75, 3.05) is 33.3 Å². The van der Waals surface area contributed by atoms with Gasteiger partial charge >= 0.3 is 6.18 Å². The highest BCUT2D eigenvalue weighted by Gasteiger charge is 2.35. The number of amides is 1. The van der Waals surface area contributed by atoms with Gasteiger partial charge in [0.15, 0.2) is 5.69 Å². The number of alkyl halides is 3. The summed E-state index contributed by atoms with van der Waals surface area (Å²) in [6.45, 7) is 2.37. The Balaban J connectivity index is 0.00000380. The van der Waals surface area contributed by atoms with Gasteiger partial charge in [0.05, 0.1) is 29.7 Å². The summed E-state index contributed by atoms with van der Waals surface area (Å²) in [6, 6.07) is 7.40. The SMILES string of the molecule is CNC(=O)C1CCN(CCCOc2ccc(-c3cc4c(ncn4C)c(C#N)n3)cc2C(F)(F)F)CC1.Cl. The molecule has 1 amide bonds. The van der Waals surface area contributed by atoms with Crippen LogP contribution >= 0.6 is 12.4 Å². The Morgan fingerprint density at radius 1 is 1.27 bits per heavy atom. The largest absolute Gasteiger partial charge is 0.493 e. The van der Waals surface area contributed by atoms with E-state index < -0.39 is 11.7 Å². The minimum Gasteiger partial charge on any atom is -0.493 e. The molecule has 3 heterocycles. The third-order valence-electron chi connectivity index (χ3n) is 6.48. The van der Waals surface area contributed by atoms with Crippen LogP contribution < -0.4 is 10.1 Å². The molecule has 1 N–H and O–H groups in total. The van der Waals surface area contributed by atoms with E-state index in [1.807, 2.05) is 6.07 Å². The summed E-state index contributed by atoms with van der Waals surface area (Å²) < 4.78 is 48.9. The summed E-state index contributed by atoms with van der Waals surface area (Å²) in [5, 5.41) is 12.1. The van der Waals surface area contributed by atoms with Gasteiger partial charge in [-0.25, -0.2) is 9.97 Å². The lowest BCUT2D eigenvalue weighted by Crippen LogP contribution is -2.40. The van der Waals surface area contributed by atoms with Crippen molar-refractivity contribution < 1.29 is 22.7 Å². The number of fused-ring (bicyclic) bond motifs is 1. The van der Waals surface area contributed by atoms with E-state index in [9.17, 15) is 23.2 Å². The third kappa shape index (κ3) is 6.32. The van der Waals surface area contributed by atoms with Crippen molar-refractivity contribution in [3.8, 4) is 23.1 Å². The second-order valence-electron chi connectivity index (χ2n) is 8.83. The lowest BCUT2D eigenvalue weighted by atomic mass is 9.96. The minimum atomic E-state index is -4.62. The van der Waals surface area contributed by atoms with E-state index in [1.54, 1.807) is 24.7 Å². The van der Waals surface area contributed by atoms with Crippen LogP contribution in [0.4, 0.5) is 13.2 Å². The maximum Gasteiger partial charge on any atom is 0.419 e. The Kier molecular flexibility index (Phi) is 8.99. The average molecular weight is 537 g/mol. The molecule has 0 aliphatic carbocycles. The Morgan fingerprint density at radius 3 is 2.65 bits per heavy atom. The zero-order chi connectivity index (χ0) is 25.9. The van der Waals surface area contributed by atoms with Crippen LogP contribution in [0.2, 0.25) is 0 Å². The van der Waals surface area contributed by atoms with Gasteiger partial charge in [0, 0.05) is 32.1 Å². The van der Waals surface area contributed by atoms with Crippen molar-refractivity contribution in [3.05, 3.63) is 41.9 Å². The first-order chi connectivity index (χ1) is 17.2. The van der Waals surface area contributed by atoms with E-state index in [4.69, 9.17) is 4.74 Å². The van der Waals surface area contributed by atoms with E-state index in [1.165, 1.54) is 18.5 Å². The number of nitriles is 1. The molecule has 1 aliphatic rings. The molecule has 2 aromatic heterocycles. The van der Waals surface area contributed by atoms with Gasteiger partial charge in [-0.05, 0) is 56.6 Å². The molecular weight excluding hydrogens is 509 g/mol. The molecule has 1 fully saturated rings. The van der Waals surface area contributed by atoms with Gasteiger partial charge in [-0.15, -0.1) is 12.4 Å². The smallest absolute Gasteiger partial charge is 0.419 e. The van der Waals surface area contributed by atoms with E-state index in [2.05, 4.69) is 20.2 Å². The predicted molar refractivity (Wildman–Crippen MR) is 134 cm³/mol. The van der Waals surface area contributed by atoms with Crippen LogP contribution in [0, 0.1) is 17.2 Å². The van der Waals surface area contributed by atoms with Crippen LogP contribution in [-0.2, 0) is 18.0 Å². The van der Waals surface area contributed by atoms with Crippen molar-refractivity contribution in [3.63, 3.8) is 0 Å². The second-order valence-corrected chi connectivity index (χ2v) is 8.83. The molecule has 8 nitrogen and oxygen atoms in total. The number of benzene rings is 1. The topological polar surface area (TPSA) is 96.1 Å². The number of carbonyl (C=O) groups is 1. The number of piperidine rings is 1. The zero-order valence-electron chi connectivity index (χ0n) is 20.5. The van der Waals surface area contributed by atoms with Crippen molar-refractivity contribution in [2.45, 2.75) is 25.4 Å². The van der Waals surface area contributed by atoms with Crippen LogP contribution in [0.3, 0.4) is 0 Å². The van der Waals surface area contributed by atoms with Crippen LogP contribution in [0.1, 0.15) is 30.5 Å². The molecule has 0 radical (unpaired) electrons. The fourth-order valence-electron chi connectivity index (χ4n) is 4.48. The van der Waals surface area contributed by atoms with Crippen molar-refractivity contribution >= 4 is 29.3 Å². The highest BCUT2D eigenvalue weighted by molar-refractivity contribution is 5.85. The number of carbonyl (C=O) groups excluding carboxylic acids is 1. The molecule has 37 heavy (non-hydrogen) atoms. The summed E-state index contributed by atoms with van der Waals surface area (Å²) in [7, 11) is 3.37. The highest BCUT2D eigenvalue weighted by atomic mass is 35.5. The number of nitrogens with one attached hydrogen (secondary N) is 1. The summed E-state index contributed by atoms with van der Waals surface area (Å²) in [5.74, 6) is -0.167. The number of hydrogen-bond acceptors (Lipinski definition) is 6. The van der Waals surface area contributed by atoms with E-state index in [0.29, 0.717) is 24.0 Å². The minimum absolute atomic E-state index is 0. The number of nitrogens with zero attached hydrogens (tertiary/aromatic N) is 5. The number of imidazole rings is 1. The van der Waals surface area contributed by atoms with Gasteiger partial charge < -0.3 is 19.5 Å². The zero-order valence-corrected chi connectivity index (χ0v) is 21.3. The Morgan fingerprint density at radius 2 is 2.00 bits per heavy atom. The molecular formula is C25H28ClF3N6O2. The van der Waals surface area contributed by atoms with Crippen molar-refractivity contribution in [1.82, 2.24) is 24.8 Å². The summed E-state index contributed by atoms with van der Waals surface area (Å²) in [5.41, 5.74) is 0.642. The number of aryl methyl sites for hydroxylation is 1. The first kappa shape index (κ1) is 28.2. The molecule has 0 spiro atoms. The number of halogens is 4. The van der Waals surface area contributed by atoms with Gasteiger partial charge in [0.1, 0.15) is 17.3 Å². The molecule has 1 saturated heterocycles. The molecule has 198 valence electrons. The first-order valence-corrected chi connectivity index (χ1v) is 11.7. The van der Waals surface area contributed by atoms with Crippen molar-refractivity contribution in [1.29, 1.82) is 5.26 Å². The number of hydrogen-bond donors (Lipinski definition) is 1. The number of ether oxygens (including phenoxy) is 1. The maximum absolute atomic E-state index is 13.9. The molecule has 0 bridgehead atoms. The molecule has 3 aromatic rings. The van der Waals surface area contributed by atoms with Gasteiger partial charge in [-0.2, -0.15) is 18.4 Å². The lowest BCUT2D eigenvalue weighted by molar-refractivity contribution is -0.139.